The Hall–Kier alpha value is -2.67. The molecule has 0 aliphatic rings. The Morgan fingerprint density at radius 1 is 0.950 bits per heavy atom. The van der Waals surface area contributed by atoms with Crippen molar-refractivity contribution in [3.05, 3.63) is 53.6 Å². The molecule has 0 fully saturated rings. The van der Waals surface area contributed by atoms with E-state index in [-0.39, 0.29) is 0 Å². The summed E-state index contributed by atoms with van der Waals surface area (Å²) in [6.07, 6.45) is 0. The minimum absolute atomic E-state index is 0.305. The molecule has 0 N–H and O–H groups in total. The largest absolute Gasteiger partial charge is 0.496 e. The van der Waals surface area contributed by atoms with Crippen LogP contribution in [-0.4, -0.2) is 14.2 Å². The van der Waals surface area contributed by atoms with Gasteiger partial charge in [-0.2, -0.15) is 5.26 Å². The number of benzene rings is 2. The smallest absolute Gasteiger partial charge is 0.161 e. The van der Waals surface area contributed by atoms with E-state index in [9.17, 15) is 0 Å². The van der Waals surface area contributed by atoms with Crippen LogP contribution in [-0.2, 0) is 6.61 Å². The van der Waals surface area contributed by atoms with E-state index in [2.05, 4.69) is 6.07 Å². The summed E-state index contributed by atoms with van der Waals surface area (Å²) in [5, 5.41) is 8.94. The summed E-state index contributed by atoms with van der Waals surface area (Å²) in [4.78, 5) is 0. The van der Waals surface area contributed by atoms with Crippen LogP contribution in [0.15, 0.2) is 42.5 Å². The van der Waals surface area contributed by atoms with Crippen LogP contribution in [0.3, 0.4) is 0 Å². The number of ether oxygens (including phenoxy) is 3. The van der Waals surface area contributed by atoms with E-state index in [0.29, 0.717) is 29.4 Å². The minimum Gasteiger partial charge on any atom is -0.496 e. The van der Waals surface area contributed by atoms with Gasteiger partial charge in [0, 0.05) is 5.56 Å². The fourth-order valence-corrected chi connectivity index (χ4v) is 1.85. The van der Waals surface area contributed by atoms with E-state index >= 15 is 0 Å². The maximum atomic E-state index is 8.94. The highest BCUT2D eigenvalue weighted by Gasteiger charge is 2.08. The zero-order valence-corrected chi connectivity index (χ0v) is 11.4. The number of rotatable bonds is 5. The number of hydrogen-bond donors (Lipinski definition) is 0. The van der Waals surface area contributed by atoms with Gasteiger partial charge in [-0.15, -0.1) is 0 Å². The van der Waals surface area contributed by atoms with E-state index in [1.807, 2.05) is 24.3 Å². The lowest BCUT2D eigenvalue weighted by atomic mass is 10.1. The van der Waals surface area contributed by atoms with Crippen molar-refractivity contribution in [2.45, 2.75) is 6.61 Å². The predicted molar refractivity (Wildman–Crippen MR) is 75.0 cm³/mol. The third-order valence-corrected chi connectivity index (χ3v) is 2.86. The molecule has 0 saturated heterocycles. The molecule has 0 bridgehead atoms. The highest BCUT2D eigenvalue weighted by Crippen LogP contribution is 2.28. The summed E-state index contributed by atoms with van der Waals surface area (Å²) >= 11 is 0. The summed E-state index contributed by atoms with van der Waals surface area (Å²) < 4.78 is 16.2. The molecule has 20 heavy (non-hydrogen) atoms. The molecule has 0 aliphatic carbocycles. The first-order valence-corrected chi connectivity index (χ1v) is 6.11. The van der Waals surface area contributed by atoms with Crippen molar-refractivity contribution >= 4 is 0 Å². The Balaban J connectivity index is 2.20. The van der Waals surface area contributed by atoms with Crippen LogP contribution in [0, 0.1) is 11.3 Å². The summed E-state index contributed by atoms with van der Waals surface area (Å²) in [6, 6.07) is 14.8. The van der Waals surface area contributed by atoms with Gasteiger partial charge in [0.15, 0.2) is 11.5 Å². The van der Waals surface area contributed by atoms with Gasteiger partial charge in [-0.25, -0.2) is 0 Å². The fourth-order valence-electron chi connectivity index (χ4n) is 1.85. The third-order valence-electron chi connectivity index (χ3n) is 2.86. The van der Waals surface area contributed by atoms with Crippen LogP contribution in [0.5, 0.6) is 17.2 Å². The molecule has 2 rings (SSSR count). The monoisotopic (exact) mass is 269 g/mol. The molecular formula is C16H15NO3. The molecule has 0 amide bonds. The molecule has 0 aromatic heterocycles. The molecule has 0 radical (unpaired) electrons. The number of nitriles is 1. The summed E-state index contributed by atoms with van der Waals surface area (Å²) in [5.41, 5.74) is 1.39. The first kappa shape index (κ1) is 13.8. The number of hydrogen-bond acceptors (Lipinski definition) is 4. The highest BCUT2D eigenvalue weighted by atomic mass is 16.5. The molecular weight excluding hydrogens is 254 g/mol. The summed E-state index contributed by atoms with van der Waals surface area (Å²) in [5.74, 6) is 2.02. The van der Waals surface area contributed by atoms with Gasteiger partial charge in [-0.3, -0.25) is 0 Å². The average Bonchev–Trinajstić information content (AvgIpc) is 2.52. The second-order valence-electron chi connectivity index (χ2n) is 4.08. The minimum atomic E-state index is 0.305. The van der Waals surface area contributed by atoms with Crippen molar-refractivity contribution in [1.29, 1.82) is 5.26 Å². The number of methoxy groups -OCH3 is 2. The lowest BCUT2D eigenvalue weighted by molar-refractivity contribution is 0.278. The SMILES string of the molecule is COc1ccc(C#N)cc1COc1ccccc1OC. The highest BCUT2D eigenvalue weighted by molar-refractivity contribution is 5.43. The molecule has 0 spiro atoms. The van der Waals surface area contributed by atoms with Gasteiger partial charge in [-0.1, -0.05) is 12.1 Å². The van der Waals surface area contributed by atoms with Gasteiger partial charge in [0.05, 0.1) is 25.9 Å². The molecule has 102 valence electrons. The van der Waals surface area contributed by atoms with Crippen molar-refractivity contribution in [3.63, 3.8) is 0 Å². The van der Waals surface area contributed by atoms with Crippen LogP contribution in [0.25, 0.3) is 0 Å². The van der Waals surface area contributed by atoms with Crippen molar-refractivity contribution in [3.8, 4) is 23.3 Å². The zero-order chi connectivity index (χ0) is 14.4. The standard InChI is InChI=1S/C16H15NO3/c1-18-14-8-7-12(10-17)9-13(14)11-20-16-6-4-3-5-15(16)19-2/h3-9H,11H2,1-2H3. The molecule has 4 nitrogen and oxygen atoms in total. The van der Waals surface area contributed by atoms with Gasteiger partial charge in [0.2, 0.25) is 0 Å². The van der Waals surface area contributed by atoms with E-state index in [1.165, 1.54) is 0 Å². The first-order chi connectivity index (χ1) is 9.78. The van der Waals surface area contributed by atoms with Gasteiger partial charge in [0.25, 0.3) is 0 Å². The lowest BCUT2D eigenvalue weighted by Gasteiger charge is -2.12. The molecule has 2 aromatic rings. The van der Waals surface area contributed by atoms with Gasteiger partial charge in [-0.05, 0) is 30.3 Å². The molecule has 0 unspecified atom stereocenters. The fraction of sp³-hybridized carbons (Fsp3) is 0.188. The second-order valence-corrected chi connectivity index (χ2v) is 4.08. The van der Waals surface area contributed by atoms with E-state index < -0.39 is 0 Å². The normalized spacial score (nSPS) is 9.65. The van der Waals surface area contributed by atoms with Gasteiger partial charge < -0.3 is 14.2 Å². The molecule has 0 heterocycles. The Bertz CT molecular complexity index is 632. The average molecular weight is 269 g/mol. The quantitative estimate of drug-likeness (QED) is 0.836. The zero-order valence-electron chi connectivity index (χ0n) is 11.4. The van der Waals surface area contributed by atoms with Crippen molar-refractivity contribution in [2.75, 3.05) is 14.2 Å². The molecule has 2 aromatic carbocycles. The Morgan fingerprint density at radius 3 is 2.30 bits per heavy atom. The molecule has 0 aliphatic heterocycles. The van der Waals surface area contributed by atoms with E-state index in [4.69, 9.17) is 19.5 Å². The van der Waals surface area contributed by atoms with E-state index in [0.717, 1.165) is 5.56 Å². The van der Waals surface area contributed by atoms with Crippen LogP contribution in [0.2, 0.25) is 0 Å². The van der Waals surface area contributed by atoms with Gasteiger partial charge in [0.1, 0.15) is 12.4 Å². The molecule has 0 saturated carbocycles. The third kappa shape index (κ3) is 3.01. The predicted octanol–water partition coefficient (Wildman–Crippen LogP) is 3.15. The van der Waals surface area contributed by atoms with E-state index in [1.54, 1.807) is 32.4 Å². The van der Waals surface area contributed by atoms with Crippen molar-refractivity contribution in [2.24, 2.45) is 0 Å². The van der Waals surface area contributed by atoms with Crippen molar-refractivity contribution < 1.29 is 14.2 Å². The second kappa shape index (κ2) is 6.48. The van der Waals surface area contributed by atoms with Crippen LogP contribution < -0.4 is 14.2 Å². The first-order valence-electron chi connectivity index (χ1n) is 6.11. The molecule has 0 atom stereocenters. The van der Waals surface area contributed by atoms with Crippen LogP contribution >= 0.6 is 0 Å². The van der Waals surface area contributed by atoms with Gasteiger partial charge >= 0.3 is 0 Å². The summed E-state index contributed by atoms with van der Waals surface area (Å²) in [7, 11) is 3.19. The Labute approximate surface area is 118 Å². The number of nitrogens with zero attached hydrogens (tertiary/aromatic N) is 1. The van der Waals surface area contributed by atoms with Crippen LogP contribution in [0.1, 0.15) is 11.1 Å². The summed E-state index contributed by atoms with van der Waals surface area (Å²) in [6.45, 7) is 0.305. The number of para-hydroxylation sites is 2. The van der Waals surface area contributed by atoms with Crippen LogP contribution in [0.4, 0.5) is 0 Å². The Morgan fingerprint density at radius 2 is 1.65 bits per heavy atom. The lowest BCUT2D eigenvalue weighted by Crippen LogP contribution is -2.00. The maximum Gasteiger partial charge on any atom is 0.161 e. The maximum absolute atomic E-state index is 8.94. The topological polar surface area (TPSA) is 51.5 Å². The Kier molecular flexibility index (Phi) is 4.46. The molecule has 4 heteroatoms. The van der Waals surface area contributed by atoms with Crippen molar-refractivity contribution in [1.82, 2.24) is 0 Å².